The Morgan fingerprint density at radius 3 is 2.47 bits per heavy atom. The van der Waals surface area contributed by atoms with E-state index in [1.807, 2.05) is 11.8 Å². The highest BCUT2D eigenvalue weighted by Crippen LogP contribution is 2.42. The Kier molecular flexibility index (Phi) is 5.31. The van der Waals surface area contributed by atoms with Crippen LogP contribution in [0.1, 0.15) is 39.0 Å². The highest BCUT2D eigenvalue weighted by molar-refractivity contribution is 8.00. The molecule has 1 saturated carbocycles. The number of thioether (sulfide) groups is 1. The van der Waals surface area contributed by atoms with Gasteiger partial charge < -0.3 is 10.4 Å². The molecule has 0 bridgehead atoms. The Morgan fingerprint density at radius 2 is 2.06 bits per heavy atom. The van der Waals surface area contributed by atoms with E-state index in [9.17, 15) is 9.59 Å². The molecule has 0 spiro atoms. The predicted octanol–water partition coefficient (Wildman–Crippen LogP) is 1.89. The standard InChI is InChI=1S/C12H21NO3S/c1-9(7-11(15)16)6-10(14)13-8-12(17-2)4-3-5-12/h9H,3-8H2,1-2H3,(H,13,14)(H,15,16). The molecule has 0 aromatic rings. The number of aliphatic carboxylic acids is 1. The fourth-order valence-corrected chi connectivity index (χ4v) is 2.96. The molecule has 1 amide bonds. The number of carboxylic acid groups (broad SMARTS) is 1. The van der Waals surface area contributed by atoms with Crippen molar-refractivity contribution in [2.45, 2.75) is 43.8 Å². The maximum Gasteiger partial charge on any atom is 0.303 e. The van der Waals surface area contributed by atoms with Crippen LogP contribution in [0.15, 0.2) is 0 Å². The lowest BCUT2D eigenvalue weighted by Gasteiger charge is -2.40. The molecule has 0 saturated heterocycles. The highest BCUT2D eigenvalue weighted by Gasteiger charge is 2.36. The summed E-state index contributed by atoms with van der Waals surface area (Å²) in [5.74, 6) is -0.969. The van der Waals surface area contributed by atoms with Crippen molar-refractivity contribution in [2.24, 2.45) is 5.92 Å². The maximum absolute atomic E-state index is 11.6. The van der Waals surface area contributed by atoms with Crippen molar-refractivity contribution in [3.8, 4) is 0 Å². The fourth-order valence-electron chi connectivity index (χ4n) is 2.04. The van der Waals surface area contributed by atoms with E-state index in [0.29, 0.717) is 13.0 Å². The first-order chi connectivity index (χ1) is 7.97. The third-order valence-electron chi connectivity index (χ3n) is 3.36. The third-order valence-corrected chi connectivity index (χ3v) is 4.78. The summed E-state index contributed by atoms with van der Waals surface area (Å²) in [5, 5.41) is 11.5. The van der Waals surface area contributed by atoms with Crippen LogP contribution >= 0.6 is 11.8 Å². The van der Waals surface area contributed by atoms with E-state index >= 15 is 0 Å². The van der Waals surface area contributed by atoms with Gasteiger partial charge in [-0.25, -0.2) is 0 Å². The molecule has 1 fully saturated rings. The van der Waals surface area contributed by atoms with Crippen LogP contribution in [-0.2, 0) is 9.59 Å². The van der Waals surface area contributed by atoms with Gasteiger partial charge in [-0.05, 0) is 25.0 Å². The number of hydrogen-bond acceptors (Lipinski definition) is 3. The number of rotatable bonds is 7. The van der Waals surface area contributed by atoms with Gasteiger partial charge in [0, 0.05) is 24.1 Å². The van der Waals surface area contributed by atoms with Crippen LogP contribution < -0.4 is 5.32 Å². The van der Waals surface area contributed by atoms with Crippen LogP contribution in [0.25, 0.3) is 0 Å². The minimum absolute atomic E-state index is 0.0286. The van der Waals surface area contributed by atoms with Gasteiger partial charge in [-0.2, -0.15) is 11.8 Å². The van der Waals surface area contributed by atoms with Crippen molar-refractivity contribution in [3.63, 3.8) is 0 Å². The van der Waals surface area contributed by atoms with Crippen LogP contribution in [0.5, 0.6) is 0 Å². The van der Waals surface area contributed by atoms with Crippen LogP contribution in [0.2, 0.25) is 0 Å². The molecular weight excluding hydrogens is 238 g/mol. The molecule has 1 rings (SSSR count). The molecule has 1 unspecified atom stereocenters. The van der Waals surface area contributed by atoms with Crippen LogP contribution in [0.3, 0.4) is 0 Å². The second kappa shape index (κ2) is 6.28. The highest BCUT2D eigenvalue weighted by atomic mass is 32.2. The van der Waals surface area contributed by atoms with Crippen molar-refractivity contribution >= 4 is 23.6 Å². The van der Waals surface area contributed by atoms with Gasteiger partial charge in [0.15, 0.2) is 0 Å². The van der Waals surface area contributed by atoms with Gasteiger partial charge in [0.05, 0.1) is 0 Å². The zero-order valence-corrected chi connectivity index (χ0v) is 11.3. The van der Waals surface area contributed by atoms with E-state index < -0.39 is 5.97 Å². The Bertz CT molecular complexity index is 284. The van der Waals surface area contributed by atoms with Crippen molar-refractivity contribution in [3.05, 3.63) is 0 Å². The van der Waals surface area contributed by atoms with Crippen molar-refractivity contribution in [1.29, 1.82) is 0 Å². The SMILES string of the molecule is CSC1(CNC(=O)CC(C)CC(=O)O)CCC1. The normalized spacial score (nSPS) is 19.2. The van der Waals surface area contributed by atoms with Gasteiger partial charge in [-0.3, -0.25) is 9.59 Å². The summed E-state index contributed by atoms with van der Waals surface area (Å²) < 4.78 is 0.242. The molecule has 0 aromatic heterocycles. The first-order valence-electron chi connectivity index (χ1n) is 6.01. The first kappa shape index (κ1) is 14.4. The molecule has 0 radical (unpaired) electrons. The topological polar surface area (TPSA) is 66.4 Å². The Labute approximate surface area is 107 Å². The predicted molar refractivity (Wildman–Crippen MR) is 69.1 cm³/mol. The Morgan fingerprint density at radius 1 is 1.41 bits per heavy atom. The zero-order valence-electron chi connectivity index (χ0n) is 10.5. The second-order valence-corrected chi connectivity index (χ2v) is 6.20. The molecule has 1 aliphatic rings. The average Bonchev–Trinajstić information content (AvgIpc) is 2.15. The molecule has 5 heteroatoms. The summed E-state index contributed by atoms with van der Waals surface area (Å²) in [7, 11) is 0. The van der Waals surface area contributed by atoms with E-state index in [-0.39, 0.29) is 23.0 Å². The maximum atomic E-state index is 11.6. The van der Waals surface area contributed by atoms with E-state index in [1.54, 1.807) is 6.92 Å². The first-order valence-corrected chi connectivity index (χ1v) is 7.23. The van der Waals surface area contributed by atoms with E-state index in [0.717, 1.165) is 0 Å². The van der Waals surface area contributed by atoms with E-state index in [1.165, 1.54) is 19.3 Å². The van der Waals surface area contributed by atoms with Crippen molar-refractivity contribution < 1.29 is 14.7 Å². The minimum Gasteiger partial charge on any atom is -0.481 e. The molecule has 98 valence electrons. The molecule has 2 N–H and O–H groups in total. The van der Waals surface area contributed by atoms with Crippen molar-refractivity contribution in [1.82, 2.24) is 5.32 Å². The molecule has 1 aliphatic carbocycles. The third kappa shape index (κ3) is 4.58. The minimum atomic E-state index is -0.843. The number of amides is 1. The van der Waals surface area contributed by atoms with Gasteiger partial charge in [-0.15, -0.1) is 0 Å². The summed E-state index contributed by atoms with van der Waals surface area (Å²) in [6, 6.07) is 0. The number of carboxylic acids is 1. The number of hydrogen-bond donors (Lipinski definition) is 2. The molecule has 0 heterocycles. The molecule has 17 heavy (non-hydrogen) atoms. The number of nitrogens with one attached hydrogen (secondary N) is 1. The Balaban J connectivity index is 2.23. The summed E-state index contributed by atoms with van der Waals surface area (Å²) in [4.78, 5) is 22.1. The summed E-state index contributed by atoms with van der Waals surface area (Å²) in [5.41, 5.74) is 0. The Hall–Kier alpha value is -0.710. The lowest BCUT2D eigenvalue weighted by atomic mass is 9.84. The van der Waals surface area contributed by atoms with Gasteiger partial charge in [-0.1, -0.05) is 13.3 Å². The number of carbonyl (C=O) groups excluding carboxylic acids is 1. The molecule has 0 aromatic carbocycles. The fraction of sp³-hybridized carbons (Fsp3) is 0.833. The van der Waals surface area contributed by atoms with Crippen molar-refractivity contribution in [2.75, 3.05) is 12.8 Å². The monoisotopic (exact) mass is 259 g/mol. The average molecular weight is 259 g/mol. The largest absolute Gasteiger partial charge is 0.481 e. The van der Waals surface area contributed by atoms with Crippen LogP contribution in [-0.4, -0.2) is 34.5 Å². The summed E-state index contributed by atoms with van der Waals surface area (Å²) >= 11 is 1.82. The van der Waals surface area contributed by atoms with E-state index in [2.05, 4.69) is 11.6 Å². The zero-order chi connectivity index (χ0) is 12.9. The molecule has 4 nitrogen and oxygen atoms in total. The van der Waals surface area contributed by atoms with Gasteiger partial charge in [0.25, 0.3) is 0 Å². The van der Waals surface area contributed by atoms with Crippen LogP contribution in [0.4, 0.5) is 0 Å². The van der Waals surface area contributed by atoms with E-state index in [4.69, 9.17) is 5.11 Å². The smallest absolute Gasteiger partial charge is 0.303 e. The summed E-state index contributed by atoms with van der Waals surface area (Å²) in [6.45, 7) is 2.51. The summed E-state index contributed by atoms with van der Waals surface area (Å²) in [6.07, 6.45) is 6.01. The van der Waals surface area contributed by atoms with Crippen LogP contribution in [0, 0.1) is 5.92 Å². The second-order valence-electron chi connectivity index (χ2n) is 4.92. The molecule has 0 aliphatic heterocycles. The lowest BCUT2D eigenvalue weighted by Crippen LogP contribution is -2.45. The van der Waals surface area contributed by atoms with Gasteiger partial charge >= 0.3 is 5.97 Å². The molecule has 1 atom stereocenters. The molecular formula is C12H21NO3S. The quantitative estimate of drug-likeness (QED) is 0.732. The lowest BCUT2D eigenvalue weighted by molar-refractivity contribution is -0.138. The number of carbonyl (C=O) groups is 2. The van der Waals surface area contributed by atoms with Gasteiger partial charge in [0.2, 0.25) is 5.91 Å². The van der Waals surface area contributed by atoms with Gasteiger partial charge in [0.1, 0.15) is 0 Å².